The van der Waals surface area contributed by atoms with Gasteiger partial charge in [-0.3, -0.25) is 9.80 Å². The van der Waals surface area contributed by atoms with Crippen LogP contribution in [0.4, 0.5) is 0 Å². The lowest BCUT2D eigenvalue weighted by molar-refractivity contribution is 0.105. The molecule has 3 aromatic rings. The molecule has 0 unspecified atom stereocenters. The molecule has 1 aliphatic rings. The number of piperazine rings is 1. The normalized spacial score (nSPS) is 15.9. The van der Waals surface area contributed by atoms with Crippen molar-refractivity contribution < 1.29 is 0 Å². The second-order valence-electron chi connectivity index (χ2n) is 7.52. The van der Waals surface area contributed by atoms with Crippen LogP contribution in [0.5, 0.6) is 0 Å². The lowest BCUT2D eigenvalue weighted by atomic mass is 9.96. The van der Waals surface area contributed by atoms with Crippen molar-refractivity contribution in [1.82, 2.24) is 9.80 Å². The molecular weight excluding hydrogens is 328 g/mol. The van der Waals surface area contributed by atoms with Gasteiger partial charge in [0.15, 0.2) is 0 Å². The fourth-order valence-corrected chi connectivity index (χ4v) is 4.02. The van der Waals surface area contributed by atoms with Crippen molar-refractivity contribution in [3.05, 3.63) is 107 Å². The SMILES string of the molecule is Cc1ccc(CN2CCN(C(c3ccccc3)c3ccccc3)CC2)cc1. The van der Waals surface area contributed by atoms with Crippen LogP contribution in [0.15, 0.2) is 84.9 Å². The van der Waals surface area contributed by atoms with E-state index in [1.807, 2.05) is 0 Å². The maximum Gasteiger partial charge on any atom is 0.0602 e. The average molecular weight is 357 g/mol. The summed E-state index contributed by atoms with van der Waals surface area (Å²) in [6, 6.07) is 31.1. The van der Waals surface area contributed by atoms with Crippen molar-refractivity contribution in [3.8, 4) is 0 Å². The Morgan fingerprint density at radius 2 is 1.19 bits per heavy atom. The quantitative estimate of drug-likeness (QED) is 0.641. The number of hydrogen-bond donors (Lipinski definition) is 0. The van der Waals surface area contributed by atoms with Gasteiger partial charge in [-0.25, -0.2) is 0 Å². The Morgan fingerprint density at radius 3 is 1.70 bits per heavy atom. The van der Waals surface area contributed by atoms with Gasteiger partial charge in [0.1, 0.15) is 0 Å². The maximum atomic E-state index is 2.64. The van der Waals surface area contributed by atoms with Gasteiger partial charge in [0.25, 0.3) is 0 Å². The highest BCUT2D eigenvalue weighted by molar-refractivity contribution is 5.32. The van der Waals surface area contributed by atoms with Gasteiger partial charge in [-0.2, -0.15) is 0 Å². The lowest BCUT2D eigenvalue weighted by Crippen LogP contribution is -2.47. The Kier molecular flexibility index (Phi) is 5.66. The van der Waals surface area contributed by atoms with E-state index in [2.05, 4.69) is 102 Å². The fourth-order valence-electron chi connectivity index (χ4n) is 4.02. The molecule has 0 saturated carbocycles. The molecule has 0 radical (unpaired) electrons. The number of aryl methyl sites for hydroxylation is 1. The van der Waals surface area contributed by atoms with Crippen molar-refractivity contribution in [1.29, 1.82) is 0 Å². The van der Waals surface area contributed by atoms with E-state index in [9.17, 15) is 0 Å². The smallest absolute Gasteiger partial charge is 0.0602 e. The third-order valence-electron chi connectivity index (χ3n) is 5.53. The van der Waals surface area contributed by atoms with E-state index >= 15 is 0 Å². The molecule has 27 heavy (non-hydrogen) atoms. The molecule has 138 valence electrons. The summed E-state index contributed by atoms with van der Waals surface area (Å²) in [7, 11) is 0. The van der Waals surface area contributed by atoms with Gasteiger partial charge in [-0.15, -0.1) is 0 Å². The van der Waals surface area contributed by atoms with Crippen molar-refractivity contribution in [3.63, 3.8) is 0 Å². The lowest BCUT2D eigenvalue weighted by Gasteiger charge is -2.39. The number of rotatable bonds is 5. The summed E-state index contributed by atoms with van der Waals surface area (Å²) in [6.07, 6.45) is 0. The molecule has 0 N–H and O–H groups in total. The average Bonchev–Trinajstić information content (AvgIpc) is 2.73. The van der Waals surface area contributed by atoms with E-state index in [4.69, 9.17) is 0 Å². The molecule has 0 amide bonds. The topological polar surface area (TPSA) is 6.48 Å². The molecular formula is C25H28N2. The van der Waals surface area contributed by atoms with E-state index in [1.165, 1.54) is 22.3 Å². The van der Waals surface area contributed by atoms with Crippen LogP contribution in [0.3, 0.4) is 0 Å². The van der Waals surface area contributed by atoms with Crippen molar-refractivity contribution in [2.45, 2.75) is 19.5 Å². The molecule has 1 heterocycles. The zero-order valence-corrected chi connectivity index (χ0v) is 16.1. The minimum absolute atomic E-state index is 0.342. The first kappa shape index (κ1) is 18.0. The predicted molar refractivity (Wildman–Crippen MR) is 113 cm³/mol. The molecule has 1 aliphatic heterocycles. The Morgan fingerprint density at radius 1 is 0.667 bits per heavy atom. The molecule has 2 heteroatoms. The van der Waals surface area contributed by atoms with E-state index < -0.39 is 0 Å². The summed E-state index contributed by atoms with van der Waals surface area (Å²) < 4.78 is 0. The van der Waals surface area contributed by atoms with E-state index in [1.54, 1.807) is 0 Å². The van der Waals surface area contributed by atoms with Crippen molar-refractivity contribution in [2.75, 3.05) is 26.2 Å². The molecule has 4 rings (SSSR count). The van der Waals surface area contributed by atoms with Crippen LogP contribution >= 0.6 is 0 Å². The second kappa shape index (κ2) is 8.51. The van der Waals surface area contributed by atoms with E-state index in [-0.39, 0.29) is 0 Å². The zero-order chi connectivity index (χ0) is 18.5. The van der Waals surface area contributed by atoms with Gasteiger partial charge in [-0.1, -0.05) is 90.5 Å². The highest BCUT2D eigenvalue weighted by Gasteiger charge is 2.26. The monoisotopic (exact) mass is 356 g/mol. The summed E-state index contributed by atoms with van der Waals surface area (Å²) in [6.45, 7) is 7.63. The summed E-state index contributed by atoms with van der Waals surface area (Å²) in [5.74, 6) is 0. The molecule has 1 saturated heterocycles. The van der Waals surface area contributed by atoms with Gasteiger partial charge >= 0.3 is 0 Å². The largest absolute Gasteiger partial charge is 0.297 e. The first-order valence-electron chi connectivity index (χ1n) is 9.91. The molecule has 0 aromatic heterocycles. The standard InChI is InChI=1S/C25H28N2/c1-21-12-14-22(15-13-21)20-26-16-18-27(19-17-26)25(23-8-4-2-5-9-23)24-10-6-3-7-11-24/h2-15,25H,16-20H2,1H3. The third-order valence-corrected chi connectivity index (χ3v) is 5.53. The highest BCUT2D eigenvalue weighted by Crippen LogP contribution is 2.29. The third kappa shape index (κ3) is 4.47. The van der Waals surface area contributed by atoms with E-state index in [0.29, 0.717) is 6.04 Å². The number of hydrogen-bond acceptors (Lipinski definition) is 2. The van der Waals surface area contributed by atoms with Gasteiger partial charge < -0.3 is 0 Å². The molecule has 3 aromatic carbocycles. The number of nitrogens with zero attached hydrogens (tertiary/aromatic N) is 2. The van der Waals surface area contributed by atoms with Crippen LogP contribution in [-0.4, -0.2) is 36.0 Å². The van der Waals surface area contributed by atoms with Crippen molar-refractivity contribution in [2.24, 2.45) is 0 Å². The Balaban J connectivity index is 1.46. The molecule has 1 fully saturated rings. The summed E-state index contributed by atoms with van der Waals surface area (Å²) in [5, 5.41) is 0. The fraction of sp³-hybridized carbons (Fsp3) is 0.280. The summed E-state index contributed by atoms with van der Waals surface area (Å²) in [4.78, 5) is 5.21. The van der Waals surface area contributed by atoms with Crippen LogP contribution in [-0.2, 0) is 6.54 Å². The summed E-state index contributed by atoms with van der Waals surface area (Å²) >= 11 is 0. The highest BCUT2D eigenvalue weighted by atomic mass is 15.3. The second-order valence-corrected chi connectivity index (χ2v) is 7.52. The summed E-state index contributed by atoms with van der Waals surface area (Å²) in [5.41, 5.74) is 5.51. The number of benzene rings is 3. The van der Waals surface area contributed by atoms with E-state index in [0.717, 1.165) is 32.7 Å². The van der Waals surface area contributed by atoms with Crippen molar-refractivity contribution >= 4 is 0 Å². The molecule has 0 aliphatic carbocycles. The minimum Gasteiger partial charge on any atom is -0.297 e. The van der Waals surface area contributed by atoms with Gasteiger partial charge in [0.2, 0.25) is 0 Å². The van der Waals surface area contributed by atoms with Gasteiger partial charge in [-0.05, 0) is 23.6 Å². The molecule has 0 spiro atoms. The zero-order valence-electron chi connectivity index (χ0n) is 16.1. The van der Waals surface area contributed by atoms with Crippen LogP contribution in [0.25, 0.3) is 0 Å². The molecule has 0 bridgehead atoms. The first-order valence-corrected chi connectivity index (χ1v) is 9.91. The van der Waals surface area contributed by atoms with Crippen LogP contribution in [0.2, 0.25) is 0 Å². The Labute approximate surface area is 163 Å². The van der Waals surface area contributed by atoms with Gasteiger partial charge in [0.05, 0.1) is 6.04 Å². The first-order chi connectivity index (χ1) is 13.3. The molecule has 0 atom stereocenters. The minimum atomic E-state index is 0.342. The van der Waals surface area contributed by atoms with Gasteiger partial charge in [0, 0.05) is 32.7 Å². The Hall–Kier alpha value is -2.42. The van der Waals surface area contributed by atoms with Crippen LogP contribution in [0.1, 0.15) is 28.3 Å². The van der Waals surface area contributed by atoms with Crippen LogP contribution < -0.4 is 0 Å². The predicted octanol–water partition coefficient (Wildman–Crippen LogP) is 4.90. The van der Waals surface area contributed by atoms with Crippen LogP contribution in [0, 0.1) is 6.92 Å². The molecule has 2 nitrogen and oxygen atoms in total. The Bertz CT molecular complexity index is 780. The maximum absolute atomic E-state index is 2.64.